The van der Waals surface area contributed by atoms with Gasteiger partial charge in [-0.1, -0.05) is 30.3 Å². The largest absolute Gasteiger partial charge is 0.338 e. The van der Waals surface area contributed by atoms with Crippen LogP contribution in [0.3, 0.4) is 0 Å². The van der Waals surface area contributed by atoms with E-state index in [1.807, 2.05) is 30.3 Å². The standard InChI is InChI=1S/C17H17N3O5/c1-2-18(11-10-13-6-4-3-5-7-13)17(21)15-9-8-14(19(22)23)12-16(15)20(24)25/h3-9,12H,2,10-11H2,1H3. The number of rotatable bonds is 7. The van der Waals surface area contributed by atoms with Crippen molar-refractivity contribution >= 4 is 17.3 Å². The summed E-state index contributed by atoms with van der Waals surface area (Å²) in [7, 11) is 0. The molecule has 8 nitrogen and oxygen atoms in total. The van der Waals surface area contributed by atoms with Gasteiger partial charge in [0.2, 0.25) is 0 Å². The molecule has 0 aromatic heterocycles. The Morgan fingerprint density at radius 1 is 1.04 bits per heavy atom. The van der Waals surface area contributed by atoms with Crippen LogP contribution in [0.5, 0.6) is 0 Å². The second kappa shape index (κ2) is 8.00. The maximum Gasteiger partial charge on any atom is 0.289 e. The lowest BCUT2D eigenvalue weighted by Crippen LogP contribution is -2.33. The van der Waals surface area contributed by atoms with E-state index in [9.17, 15) is 25.0 Å². The van der Waals surface area contributed by atoms with E-state index in [-0.39, 0.29) is 5.56 Å². The molecular formula is C17H17N3O5. The Bertz CT molecular complexity index is 792. The van der Waals surface area contributed by atoms with Crippen LogP contribution in [0.4, 0.5) is 11.4 Å². The fourth-order valence-electron chi connectivity index (χ4n) is 2.45. The first-order valence-corrected chi connectivity index (χ1v) is 7.70. The van der Waals surface area contributed by atoms with Gasteiger partial charge in [0.15, 0.2) is 0 Å². The van der Waals surface area contributed by atoms with Gasteiger partial charge in [-0.05, 0) is 25.0 Å². The predicted octanol–water partition coefficient (Wildman–Crippen LogP) is 3.21. The molecule has 0 atom stereocenters. The van der Waals surface area contributed by atoms with Crippen molar-refractivity contribution in [3.05, 3.63) is 79.9 Å². The van der Waals surface area contributed by atoms with Crippen molar-refractivity contribution in [3.63, 3.8) is 0 Å². The van der Waals surface area contributed by atoms with Crippen molar-refractivity contribution in [2.75, 3.05) is 13.1 Å². The molecule has 0 aliphatic rings. The molecule has 0 heterocycles. The number of amides is 1. The second-order valence-electron chi connectivity index (χ2n) is 5.34. The van der Waals surface area contributed by atoms with E-state index in [1.54, 1.807) is 6.92 Å². The molecule has 0 radical (unpaired) electrons. The van der Waals surface area contributed by atoms with E-state index < -0.39 is 27.1 Å². The third kappa shape index (κ3) is 4.37. The topological polar surface area (TPSA) is 107 Å². The van der Waals surface area contributed by atoms with Crippen LogP contribution in [-0.2, 0) is 6.42 Å². The summed E-state index contributed by atoms with van der Waals surface area (Å²) < 4.78 is 0. The number of non-ortho nitro benzene ring substituents is 1. The molecule has 0 unspecified atom stereocenters. The lowest BCUT2D eigenvalue weighted by Gasteiger charge is -2.21. The van der Waals surface area contributed by atoms with Crippen LogP contribution >= 0.6 is 0 Å². The number of likely N-dealkylation sites (N-methyl/N-ethyl adjacent to an activating group) is 1. The Morgan fingerprint density at radius 2 is 1.72 bits per heavy atom. The van der Waals surface area contributed by atoms with E-state index in [2.05, 4.69) is 0 Å². The van der Waals surface area contributed by atoms with Gasteiger partial charge in [-0.3, -0.25) is 25.0 Å². The van der Waals surface area contributed by atoms with Crippen LogP contribution < -0.4 is 0 Å². The third-order valence-corrected chi connectivity index (χ3v) is 3.80. The van der Waals surface area contributed by atoms with Gasteiger partial charge in [0.25, 0.3) is 17.3 Å². The summed E-state index contributed by atoms with van der Waals surface area (Å²) in [6.45, 7) is 2.55. The summed E-state index contributed by atoms with van der Waals surface area (Å²) in [6, 6.07) is 12.6. The summed E-state index contributed by atoms with van der Waals surface area (Å²) in [6.07, 6.45) is 0.612. The molecule has 0 saturated carbocycles. The van der Waals surface area contributed by atoms with Crippen molar-refractivity contribution in [1.29, 1.82) is 0 Å². The highest BCUT2D eigenvalue weighted by Crippen LogP contribution is 2.26. The highest BCUT2D eigenvalue weighted by Gasteiger charge is 2.26. The number of hydrogen-bond donors (Lipinski definition) is 0. The molecule has 0 aliphatic carbocycles. The smallest absolute Gasteiger partial charge is 0.289 e. The van der Waals surface area contributed by atoms with Gasteiger partial charge < -0.3 is 4.90 Å². The SMILES string of the molecule is CCN(CCc1ccccc1)C(=O)c1ccc([N+](=O)[O-])cc1[N+](=O)[O-]. The summed E-state index contributed by atoms with van der Waals surface area (Å²) >= 11 is 0. The van der Waals surface area contributed by atoms with Crippen molar-refractivity contribution in [2.24, 2.45) is 0 Å². The average molecular weight is 343 g/mol. The van der Waals surface area contributed by atoms with Crippen LogP contribution in [0, 0.1) is 20.2 Å². The molecule has 1 amide bonds. The molecule has 2 aromatic carbocycles. The first kappa shape index (κ1) is 18.1. The van der Waals surface area contributed by atoms with Crippen molar-refractivity contribution in [3.8, 4) is 0 Å². The predicted molar refractivity (Wildman–Crippen MR) is 91.5 cm³/mol. The van der Waals surface area contributed by atoms with Gasteiger partial charge in [-0.2, -0.15) is 0 Å². The molecule has 0 aliphatic heterocycles. The number of nitrogens with zero attached hydrogens (tertiary/aromatic N) is 3. The first-order chi connectivity index (χ1) is 11.9. The number of carbonyl (C=O) groups is 1. The Morgan fingerprint density at radius 3 is 2.28 bits per heavy atom. The van der Waals surface area contributed by atoms with Crippen LogP contribution in [0.1, 0.15) is 22.8 Å². The van der Waals surface area contributed by atoms with E-state index in [0.717, 1.165) is 23.8 Å². The summed E-state index contributed by atoms with van der Waals surface area (Å²) in [5.74, 6) is -0.514. The summed E-state index contributed by atoms with van der Waals surface area (Å²) in [4.78, 5) is 34.6. The molecule has 25 heavy (non-hydrogen) atoms. The summed E-state index contributed by atoms with van der Waals surface area (Å²) in [5, 5.41) is 22.0. The minimum atomic E-state index is -0.773. The number of nitro benzene ring substituents is 2. The van der Waals surface area contributed by atoms with Crippen molar-refractivity contribution in [2.45, 2.75) is 13.3 Å². The molecular weight excluding hydrogens is 326 g/mol. The maximum atomic E-state index is 12.7. The Hall–Kier alpha value is -3.29. The molecule has 8 heteroatoms. The first-order valence-electron chi connectivity index (χ1n) is 7.70. The zero-order valence-electron chi connectivity index (χ0n) is 13.6. The lowest BCUT2D eigenvalue weighted by atomic mass is 10.1. The number of hydrogen-bond acceptors (Lipinski definition) is 5. The highest BCUT2D eigenvalue weighted by atomic mass is 16.6. The Kier molecular flexibility index (Phi) is 5.78. The molecule has 0 N–H and O–H groups in total. The Labute approximate surface area is 144 Å². The molecule has 130 valence electrons. The molecule has 2 rings (SSSR count). The van der Waals surface area contributed by atoms with Crippen LogP contribution in [0.25, 0.3) is 0 Å². The van der Waals surface area contributed by atoms with Gasteiger partial charge in [0.1, 0.15) is 5.56 Å². The number of benzene rings is 2. The van der Waals surface area contributed by atoms with Gasteiger partial charge in [-0.15, -0.1) is 0 Å². The lowest BCUT2D eigenvalue weighted by molar-refractivity contribution is -0.394. The Balaban J connectivity index is 2.24. The minimum absolute atomic E-state index is 0.148. The summed E-state index contributed by atoms with van der Waals surface area (Å²) in [5.41, 5.74) is -0.0783. The normalized spacial score (nSPS) is 10.3. The second-order valence-corrected chi connectivity index (χ2v) is 5.34. The van der Waals surface area contributed by atoms with Gasteiger partial charge in [0.05, 0.1) is 15.9 Å². The number of nitro groups is 2. The van der Waals surface area contributed by atoms with Crippen molar-refractivity contribution in [1.82, 2.24) is 4.90 Å². The molecule has 2 aromatic rings. The van der Waals surface area contributed by atoms with E-state index >= 15 is 0 Å². The molecule has 0 spiro atoms. The zero-order chi connectivity index (χ0) is 18.4. The number of carbonyl (C=O) groups excluding carboxylic acids is 1. The minimum Gasteiger partial charge on any atom is -0.338 e. The fraction of sp³-hybridized carbons (Fsp3) is 0.235. The molecule has 0 bridgehead atoms. The monoisotopic (exact) mass is 343 g/mol. The van der Waals surface area contributed by atoms with Gasteiger partial charge in [-0.25, -0.2) is 0 Å². The van der Waals surface area contributed by atoms with Crippen LogP contribution in [0.15, 0.2) is 48.5 Å². The van der Waals surface area contributed by atoms with E-state index in [4.69, 9.17) is 0 Å². The quantitative estimate of drug-likeness (QED) is 0.567. The van der Waals surface area contributed by atoms with Crippen LogP contribution in [0.2, 0.25) is 0 Å². The van der Waals surface area contributed by atoms with Crippen LogP contribution in [-0.4, -0.2) is 33.7 Å². The van der Waals surface area contributed by atoms with Gasteiger partial charge >= 0.3 is 0 Å². The third-order valence-electron chi connectivity index (χ3n) is 3.80. The van der Waals surface area contributed by atoms with Crippen molar-refractivity contribution < 1.29 is 14.6 Å². The molecule has 0 fully saturated rings. The maximum absolute atomic E-state index is 12.7. The van der Waals surface area contributed by atoms with Gasteiger partial charge in [0, 0.05) is 19.2 Å². The average Bonchev–Trinajstić information content (AvgIpc) is 2.62. The zero-order valence-corrected chi connectivity index (χ0v) is 13.6. The van der Waals surface area contributed by atoms with E-state index in [1.165, 1.54) is 4.90 Å². The fourth-order valence-corrected chi connectivity index (χ4v) is 2.45. The molecule has 0 saturated heterocycles. The highest BCUT2D eigenvalue weighted by molar-refractivity contribution is 5.98. The van der Waals surface area contributed by atoms with E-state index in [0.29, 0.717) is 19.5 Å².